The molecule has 3 heteroatoms. The summed E-state index contributed by atoms with van der Waals surface area (Å²) in [4.78, 5) is 0. The average Bonchev–Trinajstić information content (AvgIpc) is 2.20. The van der Waals surface area contributed by atoms with Crippen LogP contribution in [0.15, 0.2) is 0 Å². The lowest BCUT2D eigenvalue weighted by atomic mass is 10.1. The van der Waals surface area contributed by atoms with E-state index in [1.54, 1.807) is 0 Å². The standard InChI is InChI=1S/C13H29NOS/c1-5-7-8-12(6-2)14-9-10-16-11-13(3,4)15/h12,14-15H,5-11H2,1-4H3. The Bertz CT molecular complexity index is 157. The van der Waals surface area contributed by atoms with Crippen LogP contribution < -0.4 is 5.32 Å². The minimum atomic E-state index is -0.531. The summed E-state index contributed by atoms with van der Waals surface area (Å²) in [6.45, 7) is 9.28. The number of hydrogen-bond acceptors (Lipinski definition) is 3. The van der Waals surface area contributed by atoms with Gasteiger partial charge >= 0.3 is 0 Å². The smallest absolute Gasteiger partial charge is 0.0681 e. The molecule has 2 N–H and O–H groups in total. The van der Waals surface area contributed by atoms with Crippen molar-refractivity contribution in [2.75, 3.05) is 18.1 Å². The van der Waals surface area contributed by atoms with E-state index in [1.807, 2.05) is 25.6 Å². The SMILES string of the molecule is CCCCC(CC)NCCSCC(C)(C)O. The van der Waals surface area contributed by atoms with Crippen molar-refractivity contribution < 1.29 is 5.11 Å². The van der Waals surface area contributed by atoms with E-state index in [0.29, 0.717) is 6.04 Å². The third kappa shape index (κ3) is 10.8. The van der Waals surface area contributed by atoms with E-state index in [2.05, 4.69) is 19.2 Å². The van der Waals surface area contributed by atoms with Gasteiger partial charge in [-0.05, 0) is 26.7 Å². The van der Waals surface area contributed by atoms with Gasteiger partial charge in [-0.1, -0.05) is 26.7 Å². The van der Waals surface area contributed by atoms with E-state index in [-0.39, 0.29) is 0 Å². The molecule has 0 saturated carbocycles. The molecule has 1 unspecified atom stereocenters. The minimum absolute atomic E-state index is 0.531. The van der Waals surface area contributed by atoms with Gasteiger partial charge in [-0.15, -0.1) is 0 Å². The zero-order chi connectivity index (χ0) is 12.4. The summed E-state index contributed by atoms with van der Waals surface area (Å²) in [5.74, 6) is 1.91. The molecule has 98 valence electrons. The fourth-order valence-electron chi connectivity index (χ4n) is 1.56. The quantitative estimate of drug-likeness (QED) is 0.582. The van der Waals surface area contributed by atoms with Gasteiger partial charge in [-0.2, -0.15) is 11.8 Å². The van der Waals surface area contributed by atoms with Crippen LogP contribution in [0, 0.1) is 0 Å². The zero-order valence-electron chi connectivity index (χ0n) is 11.4. The highest BCUT2D eigenvalue weighted by Gasteiger charge is 2.11. The molecular weight excluding hydrogens is 218 g/mol. The Morgan fingerprint density at radius 2 is 2.00 bits per heavy atom. The lowest BCUT2D eigenvalue weighted by Gasteiger charge is -2.18. The summed E-state index contributed by atoms with van der Waals surface area (Å²) in [5.41, 5.74) is -0.531. The van der Waals surface area contributed by atoms with Gasteiger partial charge in [-0.3, -0.25) is 0 Å². The second-order valence-electron chi connectivity index (χ2n) is 5.07. The van der Waals surface area contributed by atoms with Crippen LogP contribution in [0.25, 0.3) is 0 Å². The average molecular weight is 247 g/mol. The fourth-order valence-corrected chi connectivity index (χ4v) is 2.46. The molecule has 2 nitrogen and oxygen atoms in total. The highest BCUT2D eigenvalue weighted by molar-refractivity contribution is 7.99. The predicted octanol–water partition coefficient (Wildman–Crippen LogP) is 3.05. The van der Waals surface area contributed by atoms with Crippen molar-refractivity contribution in [3.8, 4) is 0 Å². The normalized spacial score (nSPS) is 14.1. The van der Waals surface area contributed by atoms with Crippen molar-refractivity contribution in [1.29, 1.82) is 0 Å². The molecule has 0 radical (unpaired) electrons. The summed E-state index contributed by atoms with van der Waals surface area (Å²) in [7, 11) is 0. The first kappa shape index (κ1) is 16.3. The fraction of sp³-hybridized carbons (Fsp3) is 1.00. The topological polar surface area (TPSA) is 32.3 Å². The zero-order valence-corrected chi connectivity index (χ0v) is 12.2. The largest absolute Gasteiger partial charge is 0.390 e. The summed E-state index contributed by atoms with van der Waals surface area (Å²) in [6, 6.07) is 0.683. The van der Waals surface area contributed by atoms with Gasteiger partial charge in [0.25, 0.3) is 0 Å². The molecule has 0 aromatic heterocycles. The van der Waals surface area contributed by atoms with Gasteiger partial charge in [0, 0.05) is 24.1 Å². The molecular formula is C13H29NOS. The highest BCUT2D eigenvalue weighted by atomic mass is 32.2. The van der Waals surface area contributed by atoms with Gasteiger partial charge in [0.05, 0.1) is 5.60 Å². The van der Waals surface area contributed by atoms with E-state index < -0.39 is 5.60 Å². The summed E-state index contributed by atoms with van der Waals surface area (Å²) >= 11 is 1.82. The Labute approximate surface area is 106 Å². The van der Waals surface area contributed by atoms with Crippen LogP contribution in [0.4, 0.5) is 0 Å². The molecule has 0 spiro atoms. The van der Waals surface area contributed by atoms with Gasteiger partial charge in [0.1, 0.15) is 0 Å². The maximum absolute atomic E-state index is 9.55. The Kier molecular flexibility index (Phi) is 9.47. The Hall–Kier alpha value is 0.270. The van der Waals surface area contributed by atoms with Crippen molar-refractivity contribution >= 4 is 11.8 Å². The van der Waals surface area contributed by atoms with Crippen LogP contribution >= 0.6 is 11.8 Å². The molecule has 0 rings (SSSR count). The molecule has 0 bridgehead atoms. The second kappa shape index (κ2) is 9.32. The Balaban J connectivity index is 3.41. The van der Waals surface area contributed by atoms with E-state index in [0.717, 1.165) is 18.1 Å². The third-order valence-corrected chi connectivity index (χ3v) is 3.94. The summed E-state index contributed by atoms with van der Waals surface area (Å²) < 4.78 is 0. The maximum Gasteiger partial charge on any atom is 0.0681 e. The summed E-state index contributed by atoms with van der Waals surface area (Å²) in [6.07, 6.45) is 5.12. The van der Waals surface area contributed by atoms with E-state index in [9.17, 15) is 5.11 Å². The number of rotatable bonds is 10. The molecule has 0 heterocycles. The molecule has 0 aliphatic heterocycles. The second-order valence-corrected chi connectivity index (χ2v) is 6.17. The molecule has 0 aromatic carbocycles. The number of thioether (sulfide) groups is 1. The van der Waals surface area contributed by atoms with E-state index in [4.69, 9.17) is 0 Å². The van der Waals surface area contributed by atoms with Crippen LogP contribution in [-0.2, 0) is 0 Å². The van der Waals surface area contributed by atoms with Crippen LogP contribution in [0.2, 0.25) is 0 Å². The van der Waals surface area contributed by atoms with Crippen LogP contribution in [0.3, 0.4) is 0 Å². The van der Waals surface area contributed by atoms with Crippen molar-refractivity contribution in [2.24, 2.45) is 0 Å². The van der Waals surface area contributed by atoms with Gasteiger partial charge in [0.2, 0.25) is 0 Å². The van der Waals surface area contributed by atoms with Crippen LogP contribution in [0.1, 0.15) is 53.4 Å². The minimum Gasteiger partial charge on any atom is -0.390 e. The maximum atomic E-state index is 9.55. The predicted molar refractivity (Wildman–Crippen MR) is 75.2 cm³/mol. The molecule has 0 aliphatic carbocycles. The van der Waals surface area contributed by atoms with Crippen molar-refractivity contribution in [1.82, 2.24) is 5.32 Å². The first-order chi connectivity index (χ1) is 7.49. The van der Waals surface area contributed by atoms with Gasteiger partial charge < -0.3 is 10.4 Å². The van der Waals surface area contributed by atoms with Crippen molar-refractivity contribution in [2.45, 2.75) is 65.0 Å². The van der Waals surface area contributed by atoms with Crippen LogP contribution in [-0.4, -0.2) is 34.8 Å². The first-order valence-electron chi connectivity index (χ1n) is 6.53. The first-order valence-corrected chi connectivity index (χ1v) is 7.68. The molecule has 0 aliphatic rings. The number of aliphatic hydroxyl groups is 1. The molecule has 1 atom stereocenters. The number of hydrogen-bond donors (Lipinski definition) is 2. The molecule has 0 fully saturated rings. The van der Waals surface area contributed by atoms with Crippen LogP contribution in [0.5, 0.6) is 0 Å². The van der Waals surface area contributed by atoms with E-state index >= 15 is 0 Å². The van der Waals surface area contributed by atoms with Gasteiger partial charge in [0.15, 0.2) is 0 Å². The lowest BCUT2D eigenvalue weighted by molar-refractivity contribution is 0.107. The molecule has 0 amide bonds. The Morgan fingerprint density at radius 1 is 1.31 bits per heavy atom. The van der Waals surface area contributed by atoms with Crippen molar-refractivity contribution in [3.05, 3.63) is 0 Å². The highest BCUT2D eigenvalue weighted by Crippen LogP contribution is 2.11. The molecule has 0 saturated heterocycles. The van der Waals surface area contributed by atoms with Gasteiger partial charge in [-0.25, -0.2) is 0 Å². The Morgan fingerprint density at radius 3 is 2.50 bits per heavy atom. The molecule has 16 heavy (non-hydrogen) atoms. The van der Waals surface area contributed by atoms with Crippen molar-refractivity contribution in [3.63, 3.8) is 0 Å². The number of unbranched alkanes of at least 4 members (excludes halogenated alkanes) is 1. The molecule has 0 aromatic rings. The summed E-state index contributed by atoms with van der Waals surface area (Å²) in [5, 5.41) is 13.1. The number of nitrogens with one attached hydrogen (secondary N) is 1. The third-order valence-electron chi connectivity index (χ3n) is 2.53. The van der Waals surface area contributed by atoms with E-state index in [1.165, 1.54) is 25.7 Å². The monoisotopic (exact) mass is 247 g/mol. The lowest BCUT2D eigenvalue weighted by Crippen LogP contribution is -2.31.